The minimum atomic E-state index is -4.19. The third-order valence-corrected chi connectivity index (χ3v) is 2.00. The lowest BCUT2D eigenvalue weighted by atomic mass is 10.2. The fourth-order valence-corrected chi connectivity index (χ4v) is 1.14. The number of esters is 1. The van der Waals surface area contributed by atoms with Crippen LogP contribution in [0.1, 0.15) is 6.92 Å². The Morgan fingerprint density at radius 3 is 2.50 bits per heavy atom. The quantitative estimate of drug-likeness (QED) is 0.371. The molecule has 7 heteroatoms. The summed E-state index contributed by atoms with van der Waals surface area (Å²) in [5.74, 6) is -7.65. The average molecular weight is 265 g/mol. The van der Waals surface area contributed by atoms with Crippen molar-refractivity contribution in [2.24, 2.45) is 0 Å². The predicted molar refractivity (Wildman–Crippen MR) is 60.2 cm³/mol. The number of carbonyl (C=O) groups is 2. The normalized spacial score (nSPS) is 10.9. The largest absolute Gasteiger partial charge is 0.461 e. The Morgan fingerprint density at radius 1 is 1.44 bits per heavy atom. The molecule has 0 N–H and O–H groups in total. The highest BCUT2D eigenvalue weighted by molar-refractivity contribution is 6.04. The number of nitrogens with zero attached hydrogens (tertiary/aromatic N) is 1. The molecule has 18 heavy (non-hydrogen) atoms. The van der Waals surface area contributed by atoms with E-state index >= 15 is 0 Å². The third-order valence-electron chi connectivity index (χ3n) is 2.00. The first-order chi connectivity index (χ1) is 8.41. The Hall–Kier alpha value is -1.50. The molecule has 0 heterocycles. The Bertz CT molecular complexity index is 307. The second kappa shape index (κ2) is 7.75. The Morgan fingerprint density at radius 2 is 2.06 bits per heavy atom. The van der Waals surface area contributed by atoms with Crippen molar-refractivity contribution >= 4 is 11.9 Å². The van der Waals surface area contributed by atoms with Crippen LogP contribution in [0.25, 0.3) is 0 Å². The van der Waals surface area contributed by atoms with Crippen LogP contribution in [0.3, 0.4) is 0 Å². The maximum Gasteiger partial charge on any atom is 0.419 e. The molecule has 0 aliphatic heterocycles. The summed E-state index contributed by atoms with van der Waals surface area (Å²) in [7, 11) is 1.38. The van der Waals surface area contributed by atoms with Crippen molar-refractivity contribution in [1.82, 2.24) is 4.90 Å². The number of amides is 1. The smallest absolute Gasteiger partial charge is 0.419 e. The van der Waals surface area contributed by atoms with E-state index in [-0.39, 0.29) is 26.3 Å². The van der Waals surface area contributed by atoms with Gasteiger partial charge in [0.25, 0.3) is 0 Å². The van der Waals surface area contributed by atoms with E-state index in [9.17, 15) is 18.4 Å². The van der Waals surface area contributed by atoms with E-state index in [4.69, 9.17) is 4.74 Å². The molecule has 104 valence electrons. The van der Waals surface area contributed by atoms with Crippen LogP contribution >= 0.6 is 0 Å². The van der Waals surface area contributed by atoms with Crippen LogP contribution in [0.4, 0.5) is 8.78 Å². The van der Waals surface area contributed by atoms with Gasteiger partial charge < -0.3 is 14.4 Å². The molecule has 0 spiro atoms. The third kappa shape index (κ3) is 4.40. The number of rotatable bonds is 8. The number of methoxy groups -OCH3 is 1. The first-order valence-electron chi connectivity index (χ1n) is 5.36. The van der Waals surface area contributed by atoms with Crippen LogP contribution in [0.2, 0.25) is 0 Å². The number of ether oxygens (including phenoxy) is 2. The van der Waals surface area contributed by atoms with E-state index < -0.39 is 17.8 Å². The summed E-state index contributed by atoms with van der Waals surface area (Å²) in [4.78, 5) is 23.3. The van der Waals surface area contributed by atoms with Crippen molar-refractivity contribution in [3.05, 3.63) is 12.7 Å². The van der Waals surface area contributed by atoms with Crippen LogP contribution in [-0.4, -0.2) is 56.1 Å². The van der Waals surface area contributed by atoms with Gasteiger partial charge in [0, 0.05) is 20.2 Å². The van der Waals surface area contributed by atoms with Crippen molar-refractivity contribution in [2.75, 3.05) is 33.4 Å². The van der Waals surface area contributed by atoms with Gasteiger partial charge in [-0.05, 0) is 6.92 Å². The van der Waals surface area contributed by atoms with Gasteiger partial charge in [0.15, 0.2) is 0 Å². The van der Waals surface area contributed by atoms with Gasteiger partial charge in [-0.25, -0.2) is 4.79 Å². The second-order valence-corrected chi connectivity index (χ2v) is 3.33. The maximum atomic E-state index is 13.5. The summed E-state index contributed by atoms with van der Waals surface area (Å²) >= 11 is 0. The highest BCUT2D eigenvalue weighted by atomic mass is 19.3. The Balaban J connectivity index is 4.81. The minimum absolute atomic E-state index is 0.0592. The van der Waals surface area contributed by atoms with Crippen molar-refractivity contribution < 1.29 is 27.8 Å². The molecule has 0 fully saturated rings. The van der Waals surface area contributed by atoms with Gasteiger partial charge in [0.1, 0.15) is 0 Å². The fourth-order valence-electron chi connectivity index (χ4n) is 1.14. The zero-order valence-electron chi connectivity index (χ0n) is 10.4. The molecule has 0 aromatic heterocycles. The predicted octanol–water partition coefficient (Wildman–Crippen LogP) is 0.846. The van der Waals surface area contributed by atoms with Gasteiger partial charge in [-0.15, -0.1) is 6.58 Å². The van der Waals surface area contributed by atoms with Crippen molar-refractivity contribution in [1.29, 1.82) is 0 Å². The molecule has 0 saturated carbocycles. The van der Waals surface area contributed by atoms with Gasteiger partial charge in [0.05, 0.1) is 13.2 Å². The molecular formula is C11H17F2NO4. The molecule has 0 unspecified atom stereocenters. The summed E-state index contributed by atoms with van der Waals surface area (Å²) < 4.78 is 35.8. The van der Waals surface area contributed by atoms with Gasteiger partial charge >= 0.3 is 17.8 Å². The summed E-state index contributed by atoms with van der Waals surface area (Å²) in [5.41, 5.74) is 0. The molecular weight excluding hydrogens is 248 g/mol. The van der Waals surface area contributed by atoms with Crippen LogP contribution in [0.15, 0.2) is 12.7 Å². The van der Waals surface area contributed by atoms with Gasteiger partial charge in [-0.2, -0.15) is 8.78 Å². The Labute approximate surface area is 104 Å². The first-order valence-corrected chi connectivity index (χ1v) is 5.36. The molecule has 0 aromatic carbocycles. The van der Waals surface area contributed by atoms with Crippen LogP contribution in [0.5, 0.6) is 0 Å². The highest BCUT2D eigenvalue weighted by Crippen LogP contribution is 2.19. The molecule has 5 nitrogen and oxygen atoms in total. The SMILES string of the molecule is C=CCN(CCOC)C(=O)C(F)(F)C(=O)OCC. The van der Waals surface area contributed by atoms with Crippen LogP contribution in [-0.2, 0) is 19.1 Å². The average Bonchev–Trinajstić information content (AvgIpc) is 2.33. The maximum absolute atomic E-state index is 13.5. The first kappa shape index (κ1) is 16.5. The molecule has 0 radical (unpaired) electrons. The van der Waals surface area contributed by atoms with E-state index in [1.54, 1.807) is 0 Å². The summed E-state index contributed by atoms with van der Waals surface area (Å²) in [5, 5.41) is 0. The number of halogens is 2. The van der Waals surface area contributed by atoms with Crippen molar-refractivity contribution in [2.45, 2.75) is 12.8 Å². The van der Waals surface area contributed by atoms with Crippen molar-refractivity contribution in [3.8, 4) is 0 Å². The Kier molecular flexibility index (Phi) is 7.11. The number of carbonyl (C=O) groups excluding carboxylic acids is 2. The monoisotopic (exact) mass is 265 g/mol. The molecule has 0 rings (SSSR count). The summed E-state index contributed by atoms with van der Waals surface area (Å²) in [6.45, 7) is 4.44. The topological polar surface area (TPSA) is 55.8 Å². The molecule has 1 amide bonds. The zero-order valence-corrected chi connectivity index (χ0v) is 10.4. The van der Waals surface area contributed by atoms with Crippen molar-refractivity contribution in [3.63, 3.8) is 0 Å². The van der Waals surface area contributed by atoms with Gasteiger partial charge in [-0.1, -0.05) is 6.08 Å². The van der Waals surface area contributed by atoms with Gasteiger partial charge in [-0.3, -0.25) is 4.79 Å². The fraction of sp³-hybridized carbons (Fsp3) is 0.636. The number of alkyl halides is 2. The molecule has 0 aromatic rings. The molecule has 0 atom stereocenters. The zero-order chi connectivity index (χ0) is 14.2. The molecule has 0 saturated heterocycles. The lowest BCUT2D eigenvalue weighted by molar-refractivity contribution is -0.182. The van der Waals surface area contributed by atoms with E-state index in [2.05, 4.69) is 11.3 Å². The summed E-state index contributed by atoms with van der Waals surface area (Å²) in [6, 6.07) is 0. The van der Waals surface area contributed by atoms with E-state index in [1.165, 1.54) is 20.1 Å². The van der Waals surface area contributed by atoms with E-state index in [1.807, 2.05) is 0 Å². The van der Waals surface area contributed by atoms with E-state index in [0.29, 0.717) is 0 Å². The minimum Gasteiger partial charge on any atom is -0.461 e. The highest BCUT2D eigenvalue weighted by Gasteiger charge is 2.51. The number of hydrogen-bond donors (Lipinski definition) is 0. The lowest BCUT2D eigenvalue weighted by Gasteiger charge is -2.24. The second-order valence-electron chi connectivity index (χ2n) is 3.33. The lowest BCUT2D eigenvalue weighted by Crippen LogP contribution is -2.50. The van der Waals surface area contributed by atoms with Crippen LogP contribution < -0.4 is 0 Å². The number of hydrogen-bond acceptors (Lipinski definition) is 4. The van der Waals surface area contributed by atoms with Crippen LogP contribution in [0, 0.1) is 0 Å². The molecule has 0 aliphatic carbocycles. The summed E-state index contributed by atoms with van der Waals surface area (Å²) in [6.07, 6.45) is 1.29. The molecule has 0 bridgehead atoms. The standard InChI is InChI=1S/C11H17F2NO4/c1-4-6-14(7-8-17-3)9(15)11(12,13)10(16)18-5-2/h4H,1,5-8H2,2-3H3. The van der Waals surface area contributed by atoms with Gasteiger partial charge in [0.2, 0.25) is 0 Å². The van der Waals surface area contributed by atoms with E-state index in [0.717, 1.165) is 4.90 Å². The molecule has 0 aliphatic rings.